The zero-order chi connectivity index (χ0) is 26.0. The average Bonchev–Trinajstić information content (AvgIpc) is 3.02. The van der Waals surface area contributed by atoms with E-state index in [4.69, 9.17) is 0 Å². The van der Waals surface area contributed by atoms with Gasteiger partial charge in [-0.3, -0.25) is 0 Å². The molecule has 0 unspecified atom stereocenters. The Morgan fingerprint density at radius 3 is 1.62 bits per heavy atom. The molecule has 0 amide bonds. The van der Waals surface area contributed by atoms with Gasteiger partial charge in [0.05, 0.1) is 5.69 Å². The first-order valence-corrected chi connectivity index (χ1v) is 13.4. The fourth-order valence-electron chi connectivity index (χ4n) is 5.48. The van der Waals surface area contributed by atoms with Gasteiger partial charge in [0, 0.05) is 16.8 Å². The third-order valence-corrected chi connectivity index (χ3v) is 7.41. The minimum Gasteiger partial charge on any atom is -0.310 e. The van der Waals surface area contributed by atoms with Gasteiger partial charge in [0.1, 0.15) is 0 Å². The summed E-state index contributed by atoms with van der Waals surface area (Å²) in [6.07, 6.45) is 0. The Hall–Kier alpha value is -5.14. The summed E-state index contributed by atoms with van der Waals surface area (Å²) in [7, 11) is 0. The van der Waals surface area contributed by atoms with E-state index in [-0.39, 0.29) is 0 Å². The Bertz CT molecular complexity index is 1910. The molecule has 7 aromatic carbocycles. The van der Waals surface area contributed by atoms with Crippen molar-refractivity contribution in [3.05, 3.63) is 164 Å². The summed E-state index contributed by atoms with van der Waals surface area (Å²) in [6, 6.07) is 58.8. The molecule has 0 heterocycles. The van der Waals surface area contributed by atoms with E-state index < -0.39 is 0 Å². The number of rotatable bonds is 5. The van der Waals surface area contributed by atoms with Crippen molar-refractivity contribution in [3.8, 4) is 22.3 Å². The number of benzene rings is 7. The Kier molecular flexibility index (Phi) is 5.88. The molecule has 0 aliphatic rings. The number of fused-ring (bicyclic) bond motifs is 2. The van der Waals surface area contributed by atoms with Crippen LogP contribution in [-0.4, -0.2) is 0 Å². The molecule has 7 rings (SSSR count). The Morgan fingerprint density at radius 1 is 0.308 bits per heavy atom. The van der Waals surface area contributed by atoms with Crippen molar-refractivity contribution in [2.45, 2.75) is 0 Å². The zero-order valence-electron chi connectivity index (χ0n) is 21.5. The van der Waals surface area contributed by atoms with Crippen LogP contribution in [0, 0.1) is 0 Å². The zero-order valence-corrected chi connectivity index (χ0v) is 21.5. The fourth-order valence-corrected chi connectivity index (χ4v) is 5.48. The van der Waals surface area contributed by atoms with E-state index in [9.17, 15) is 0 Å². The van der Waals surface area contributed by atoms with Gasteiger partial charge in [-0.1, -0.05) is 127 Å². The number of hydrogen-bond donors (Lipinski definition) is 0. The summed E-state index contributed by atoms with van der Waals surface area (Å²) in [6.45, 7) is 0. The minimum atomic E-state index is 1.13. The van der Waals surface area contributed by atoms with Gasteiger partial charge in [0.15, 0.2) is 0 Å². The molecule has 7 aromatic rings. The van der Waals surface area contributed by atoms with Crippen LogP contribution in [0.15, 0.2) is 164 Å². The van der Waals surface area contributed by atoms with Crippen LogP contribution in [0.5, 0.6) is 0 Å². The molecule has 1 heteroatoms. The van der Waals surface area contributed by atoms with Crippen LogP contribution in [-0.2, 0) is 0 Å². The van der Waals surface area contributed by atoms with Gasteiger partial charge in [-0.2, -0.15) is 0 Å². The van der Waals surface area contributed by atoms with Gasteiger partial charge in [-0.15, -0.1) is 0 Å². The molecule has 0 aromatic heterocycles. The lowest BCUT2D eigenvalue weighted by molar-refractivity contribution is 1.30. The second-order valence-corrected chi connectivity index (χ2v) is 9.86. The van der Waals surface area contributed by atoms with E-state index in [1.54, 1.807) is 0 Å². The summed E-state index contributed by atoms with van der Waals surface area (Å²) in [4.78, 5) is 2.39. The molecular formula is C38H27N. The van der Waals surface area contributed by atoms with Crippen LogP contribution in [0.3, 0.4) is 0 Å². The third-order valence-electron chi connectivity index (χ3n) is 7.41. The normalized spacial score (nSPS) is 11.1. The van der Waals surface area contributed by atoms with Crippen LogP contribution >= 0.6 is 0 Å². The molecule has 0 atom stereocenters. The standard InChI is InChI=1S/C38H27N/c1-2-11-28(12-3-1)32-17-8-19-35(26-32)39(38-22-10-16-30-14-6-7-21-37(30)38)36-20-9-18-33(27-36)34-24-23-29-13-4-5-15-31(29)25-34/h1-27H. The predicted octanol–water partition coefficient (Wildman–Crippen LogP) is 10.8. The first-order valence-electron chi connectivity index (χ1n) is 13.4. The van der Waals surface area contributed by atoms with E-state index >= 15 is 0 Å². The maximum Gasteiger partial charge on any atom is 0.0540 e. The summed E-state index contributed by atoms with van der Waals surface area (Å²) >= 11 is 0. The monoisotopic (exact) mass is 497 g/mol. The van der Waals surface area contributed by atoms with Crippen molar-refractivity contribution in [1.29, 1.82) is 0 Å². The molecule has 39 heavy (non-hydrogen) atoms. The maximum absolute atomic E-state index is 2.39. The predicted molar refractivity (Wildman–Crippen MR) is 167 cm³/mol. The number of hydrogen-bond acceptors (Lipinski definition) is 1. The van der Waals surface area contributed by atoms with Crippen molar-refractivity contribution in [2.75, 3.05) is 4.90 Å². The largest absolute Gasteiger partial charge is 0.310 e. The molecule has 0 bridgehead atoms. The van der Waals surface area contributed by atoms with Crippen molar-refractivity contribution in [1.82, 2.24) is 0 Å². The molecule has 0 spiro atoms. The van der Waals surface area contributed by atoms with Gasteiger partial charge < -0.3 is 4.90 Å². The van der Waals surface area contributed by atoms with E-state index in [1.165, 1.54) is 43.8 Å². The highest BCUT2D eigenvalue weighted by Gasteiger charge is 2.16. The van der Waals surface area contributed by atoms with E-state index in [1.807, 2.05) is 0 Å². The van der Waals surface area contributed by atoms with Crippen molar-refractivity contribution >= 4 is 38.6 Å². The quantitative estimate of drug-likeness (QED) is 0.229. The third kappa shape index (κ3) is 4.45. The average molecular weight is 498 g/mol. The van der Waals surface area contributed by atoms with E-state index in [0.29, 0.717) is 0 Å². The molecule has 0 saturated carbocycles. The minimum absolute atomic E-state index is 1.13. The lowest BCUT2D eigenvalue weighted by Gasteiger charge is -2.28. The van der Waals surface area contributed by atoms with E-state index in [2.05, 4.69) is 169 Å². The first kappa shape index (κ1) is 23.0. The van der Waals surface area contributed by atoms with Crippen molar-refractivity contribution in [2.24, 2.45) is 0 Å². The molecule has 0 aliphatic heterocycles. The van der Waals surface area contributed by atoms with Crippen LogP contribution in [0.4, 0.5) is 17.1 Å². The van der Waals surface area contributed by atoms with E-state index in [0.717, 1.165) is 17.1 Å². The van der Waals surface area contributed by atoms with Crippen LogP contribution < -0.4 is 4.90 Å². The molecule has 184 valence electrons. The van der Waals surface area contributed by atoms with Crippen LogP contribution in [0.2, 0.25) is 0 Å². The summed E-state index contributed by atoms with van der Waals surface area (Å²) in [5.74, 6) is 0. The Balaban J connectivity index is 1.42. The number of anilines is 3. The molecule has 1 nitrogen and oxygen atoms in total. The smallest absolute Gasteiger partial charge is 0.0540 e. The van der Waals surface area contributed by atoms with Gasteiger partial charge in [-0.25, -0.2) is 0 Å². The Labute approximate surface area is 229 Å². The van der Waals surface area contributed by atoms with Crippen LogP contribution in [0.1, 0.15) is 0 Å². The van der Waals surface area contributed by atoms with Crippen LogP contribution in [0.25, 0.3) is 43.8 Å². The first-order chi connectivity index (χ1) is 19.3. The summed E-state index contributed by atoms with van der Waals surface area (Å²) in [5.41, 5.74) is 8.24. The molecule has 0 aliphatic carbocycles. The fraction of sp³-hybridized carbons (Fsp3) is 0. The second kappa shape index (κ2) is 9.96. The highest BCUT2D eigenvalue weighted by atomic mass is 15.1. The second-order valence-electron chi connectivity index (χ2n) is 9.86. The van der Waals surface area contributed by atoms with Crippen molar-refractivity contribution in [3.63, 3.8) is 0 Å². The SMILES string of the molecule is c1ccc(-c2cccc(N(c3cccc(-c4ccc5ccccc5c4)c3)c3cccc4ccccc34)c2)cc1. The molecule has 0 radical (unpaired) electrons. The maximum atomic E-state index is 2.39. The summed E-state index contributed by atoms with van der Waals surface area (Å²) < 4.78 is 0. The van der Waals surface area contributed by atoms with Gasteiger partial charge in [0.25, 0.3) is 0 Å². The molecular weight excluding hydrogens is 470 g/mol. The topological polar surface area (TPSA) is 3.24 Å². The van der Waals surface area contributed by atoms with Gasteiger partial charge in [0.2, 0.25) is 0 Å². The molecule has 0 saturated heterocycles. The molecule has 0 fully saturated rings. The van der Waals surface area contributed by atoms with Gasteiger partial charge >= 0.3 is 0 Å². The van der Waals surface area contributed by atoms with Gasteiger partial charge in [-0.05, 0) is 74.8 Å². The Morgan fingerprint density at radius 2 is 0.846 bits per heavy atom. The highest BCUT2D eigenvalue weighted by molar-refractivity contribution is 5.99. The highest BCUT2D eigenvalue weighted by Crippen LogP contribution is 2.41. The lowest BCUT2D eigenvalue weighted by atomic mass is 9.99. The van der Waals surface area contributed by atoms with Crippen molar-refractivity contribution < 1.29 is 0 Å². The summed E-state index contributed by atoms with van der Waals surface area (Å²) in [5, 5.41) is 4.96. The molecule has 0 N–H and O–H groups in total. The number of nitrogens with zero attached hydrogens (tertiary/aromatic N) is 1. The lowest BCUT2D eigenvalue weighted by Crippen LogP contribution is -2.10.